The molecule has 0 N–H and O–H groups in total. The summed E-state index contributed by atoms with van der Waals surface area (Å²) in [7, 11) is 1.43. The molecule has 0 unspecified atom stereocenters. The molecule has 0 amide bonds. The molecular formula is C13H12ClN3O4. The molecule has 0 spiro atoms. The molecule has 1 heterocycles. The number of hydrogen-bond acceptors (Lipinski definition) is 6. The van der Waals surface area contributed by atoms with Crippen molar-refractivity contribution >= 4 is 17.3 Å². The zero-order valence-corrected chi connectivity index (χ0v) is 12.1. The van der Waals surface area contributed by atoms with E-state index in [1.807, 2.05) is 6.92 Å². The molecule has 2 aromatic rings. The summed E-state index contributed by atoms with van der Waals surface area (Å²) in [5, 5.41) is 11.4. The molecule has 0 saturated carbocycles. The molecule has 0 aliphatic carbocycles. The summed E-state index contributed by atoms with van der Waals surface area (Å²) < 4.78 is 10.5. The predicted molar refractivity (Wildman–Crippen MR) is 76.1 cm³/mol. The Balaban J connectivity index is 2.44. The van der Waals surface area contributed by atoms with E-state index in [1.54, 1.807) is 6.07 Å². The van der Waals surface area contributed by atoms with Crippen LogP contribution in [0.4, 0.5) is 5.69 Å². The van der Waals surface area contributed by atoms with E-state index < -0.39 is 4.92 Å². The van der Waals surface area contributed by atoms with Crippen LogP contribution in [0.1, 0.15) is 12.5 Å². The van der Waals surface area contributed by atoms with Crippen molar-refractivity contribution in [2.45, 2.75) is 13.3 Å². The predicted octanol–water partition coefficient (Wildman–Crippen LogP) is 3.40. The number of benzene rings is 1. The van der Waals surface area contributed by atoms with Crippen molar-refractivity contribution in [1.29, 1.82) is 0 Å². The van der Waals surface area contributed by atoms with Gasteiger partial charge in [-0.1, -0.05) is 18.5 Å². The molecule has 7 nitrogen and oxygen atoms in total. The molecule has 1 aromatic heterocycles. The lowest BCUT2D eigenvalue weighted by Crippen LogP contribution is -1.99. The Morgan fingerprint density at radius 2 is 2.14 bits per heavy atom. The Morgan fingerprint density at radius 1 is 1.38 bits per heavy atom. The van der Waals surface area contributed by atoms with Gasteiger partial charge in [-0.25, -0.2) is 9.97 Å². The van der Waals surface area contributed by atoms with Gasteiger partial charge in [0.15, 0.2) is 0 Å². The van der Waals surface area contributed by atoms with E-state index in [2.05, 4.69) is 9.97 Å². The Morgan fingerprint density at radius 3 is 2.76 bits per heavy atom. The van der Waals surface area contributed by atoms with Crippen LogP contribution in [0.5, 0.6) is 17.4 Å². The van der Waals surface area contributed by atoms with Crippen molar-refractivity contribution in [1.82, 2.24) is 9.97 Å². The van der Waals surface area contributed by atoms with E-state index in [0.29, 0.717) is 17.7 Å². The van der Waals surface area contributed by atoms with Crippen molar-refractivity contribution in [2.24, 2.45) is 0 Å². The van der Waals surface area contributed by atoms with Gasteiger partial charge >= 0.3 is 5.69 Å². The fraction of sp³-hybridized carbons (Fsp3) is 0.231. The van der Waals surface area contributed by atoms with Crippen LogP contribution in [0.25, 0.3) is 0 Å². The van der Waals surface area contributed by atoms with Crippen LogP contribution in [0.3, 0.4) is 0 Å². The van der Waals surface area contributed by atoms with Crippen LogP contribution < -0.4 is 9.47 Å². The summed E-state index contributed by atoms with van der Waals surface area (Å²) in [6, 6.07) is 4.30. The normalized spacial score (nSPS) is 10.2. The minimum atomic E-state index is -0.549. The Bertz CT molecular complexity index is 678. The number of nitro groups is 1. The van der Waals surface area contributed by atoms with Gasteiger partial charge in [-0.05, 0) is 18.6 Å². The average molecular weight is 310 g/mol. The third-order valence-electron chi connectivity index (χ3n) is 2.78. The van der Waals surface area contributed by atoms with Crippen molar-refractivity contribution in [3.63, 3.8) is 0 Å². The SMILES string of the molecule is CCc1c(Cl)ncnc1Oc1ccc(OC)cc1[N+](=O)[O-]. The van der Waals surface area contributed by atoms with E-state index in [0.717, 1.165) is 0 Å². The number of rotatable bonds is 5. The molecule has 21 heavy (non-hydrogen) atoms. The van der Waals surface area contributed by atoms with Crippen LogP contribution in [0.2, 0.25) is 5.15 Å². The van der Waals surface area contributed by atoms with E-state index >= 15 is 0 Å². The second-order valence-electron chi connectivity index (χ2n) is 3.99. The average Bonchev–Trinajstić information content (AvgIpc) is 2.47. The summed E-state index contributed by atoms with van der Waals surface area (Å²) >= 11 is 5.96. The third kappa shape index (κ3) is 3.19. The van der Waals surface area contributed by atoms with Gasteiger partial charge in [-0.2, -0.15) is 0 Å². The van der Waals surface area contributed by atoms with Crippen molar-refractivity contribution < 1.29 is 14.4 Å². The van der Waals surface area contributed by atoms with Gasteiger partial charge in [0, 0.05) is 0 Å². The maximum Gasteiger partial charge on any atom is 0.315 e. The highest BCUT2D eigenvalue weighted by molar-refractivity contribution is 6.30. The van der Waals surface area contributed by atoms with Crippen LogP contribution >= 0.6 is 11.6 Å². The van der Waals surface area contributed by atoms with E-state index in [9.17, 15) is 10.1 Å². The first-order valence-corrected chi connectivity index (χ1v) is 6.44. The number of methoxy groups -OCH3 is 1. The van der Waals surface area contributed by atoms with E-state index in [1.165, 1.54) is 25.6 Å². The highest BCUT2D eigenvalue weighted by Gasteiger charge is 2.19. The molecule has 0 aliphatic rings. The molecule has 0 aliphatic heterocycles. The highest BCUT2D eigenvalue weighted by atomic mass is 35.5. The van der Waals surface area contributed by atoms with Gasteiger partial charge in [0.05, 0.1) is 23.7 Å². The Kier molecular flexibility index (Phi) is 4.54. The van der Waals surface area contributed by atoms with Crippen LogP contribution in [-0.4, -0.2) is 22.0 Å². The lowest BCUT2D eigenvalue weighted by molar-refractivity contribution is -0.385. The van der Waals surface area contributed by atoms with Crippen molar-refractivity contribution in [3.8, 4) is 17.4 Å². The van der Waals surface area contributed by atoms with Crippen LogP contribution in [-0.2, 0) is 6.42 Å². The number of halogens is 1. The van der Waals surface area contributed by atoms with Crippen LogP contribution in [0.15, 0.2) is 24.5 Å². The minimum Gasteiger partial charge on any atom is -0.496 e. The van der Waals surface area contributed by atoms with Gasteiger partial charge in [0.25, 0.3) is 0 Å². The Hall–Kier alpha value is -2.41. The smallest absolute Gasteiger partial charge is 0.315 e. The third-order valence-corrected chi connectivity index (χ3v) is 3.10. The van der Waals surface area contributed by atoms with E-state index in [-0.39, 0.29) is 22.5 Å². The molecule has 2 rings (SSSR count). The van der Waals surface area contributed by atoms with Gasteiger partial charge < -0.3 is 9.47 Å². The first-order valence-electron chi connectivity index (χ1n) is 6.06. The molecule has 8 heteroatoms. The van der Waals surface area contributed by atoms with E-state index in [4.69, 9.17) is 21.1 Å². The molecule has 0 radical (unpaired) electrons. The molecular weight excluding hydrogens is 298 g/mol. The molecule has 0 saturated heterocycles. The van der Waals surface area contributed by atoms with Gasteiger partial charge in [-0.3, -0.25) is 10.1 Å². The standard InChI is InChI=1S/C13H12ClN3O4/c1-3-9-12(14)15-7-16-13(9)21-11-5-4-8(20-2)6-10(11)17(18)19/h4-7H,3H2,1-2H3. The minimum absolute atomic E-state index is 0.0604. The second kappa shape index (κ2) is 6.36. The molecule has 0 atom stereocenters. The van der Waals surface area contributed by atoms with Gasteiger partial charge in [0.2, 0.25) is 11.6 Å². The molecule has 0 fully saturated rings. The summed E-state index contributed by atoms with van der Waals surface area (Å²) in [6.45, 7) is 1.86. The first kappa shape index (κ1) is 15.0. The zero-order chi connectivity index (χ0) is 15.4. The Labute approximate surface area is 125 Å². The number of hydrogen-bond donors (Lipinski definition) is 0. The number of nitro benzene ring substituents is 1. The molecule has 0 bridgehead atoms. The zero-order valence-electron chi connectivity index (χ0n) is 11.4. The fourth-order valence-corrected chi connectivity index (χ4v) is 1.98. The molecule has 1 aromatic carbocycles. The lowest BCUT2D eigenvalue weighted by atomic mass is 10.2. The van der Waals surface area contributed by atoms with Crippen molar-refractivity contribution in [2.75, 3.05) is 7.11 Å². The maximum absolute atomic E-state index is 11.1. The number of ether oxygens (including phenoxy) is 2. The fourth-order valence-electron chi connectivity index (χ4n) is 1.72. The first-order chi connectivity index (χ1) is 10.1. The second-order valence-corrected chi connectivity index (χ2v) is 4.35. The summed E-state index contributed by atoms with van der Waals surface area (Å²) in [5.74, 6) is 0.626. The summed E-state index contributed by atoms with van der Waals surface area (Å²) in [5.41, 5.74) is 0.371. The maximum atomic E-state index is 11.1. The summed E-state index contributed by atoms with van der Waals surface area (Å²) in [4.78, 5) is 18.4. The van der Waals surface area contributed by atoms with Crippen LogP contribution in [0, 0.1) is 10.1 Å². The number of nitrogens with zero attached hydrogens (tertiary/aromatic N) is 3. The lowest BCUT2D eigenvalue weighted by Gasteiger charge is -2.10. The topological polar surface area (TPSA) is 87.4 Å². The van der Waals surface area contributed by atoms with Gasteiger partial charge in [0.1, 0.15) is 17.2 Å². The van der Waals surface area contributed by atoms with Crippen molar-refractivity contribution in [3.05, 3.63) is 45.4 Å². The highest BCUT2D eigenvalue weighted by Crippen LogP contribution is 2.35. The largest absolute Gasteiger partial charge is 0.496 e. The monoisotopic (exact) mass is 309 g/mol. The van der Waals surface area contributed by atoms with Gasteiger partial charge in [-0.15, -0.1) is 0 Å². The quantitative estimate of drug-likeness (QED) is 0.478. The number of aromatic nitrogens is 2. The molecule has 110 valence electrons. The summed E-state index contributed by atoms with van der Waals surface area (Å²) in [6.07, 6.45) is 1.78.